The lowest BCUT2D eigenvalue weighted by atomic mass is 9.84. The van der Waals surface area contributed by atoms with E-state index in [1.165, 1.54) is 12.4 Å². The number of alkyl halides is 3. The van der Waals surface area contributed by atoms with Crippen LogP contribution in [0.4, 0.5) is 19.0 Å². The zero-order valence-corrected chi connectivity index (χ0v) is 20.0. The number of amides is 2. The van der Waals surface area contributed by atoms with Crippen LogP contribution in [0.2, 0.25) is 0 Å². The molecular weight excluding hydrogens is 461 g/mol. The average molecular weight is 493 g/mol. The van der Waals surface area contributed by atoms with Crippen molar-refractivity contribution in [1.29, 1.82) is 0 Å². The van der Waals surface area contributed by atoms with Gasteiger partial charge in [-0.25, -0.2) is 9.97 Å². The molecule has 1 saturated carbocycles. The fourth-order valence-corrected chi connectivity index (χ4v) is 5.24. The summed E-state index contributed by atoms with van der Waals surface area (Å²) in [6.45, 7) is 4.76. The SMILES string of the molecule is CC(C)N(C)C1CCC(N2CCC(Nc3ncnc4ccc(C(F)(F)F)cc34)C2=O)C(NC=O)C1. The third kappa shape index (κ3) is 5.19. The third-order valence-electron chi connectivity index (χ3n) is 7.37. The van der Waals surface area contributed by atoms with E-state index in [1.807, 2.05) is 0 Å². The molecule has 2 N–H and O–H groups in total. The van der Waals surface area contributed by atoms with E-state index in [1.54, 1.807) is 4.90 Å². The van der Waals surface area contributed by atoms with Crippen molar-refractivity contribution >= 4 is 29.0 Å². The van der Waals surface area contributed by atoms with Gasteiger partial charge in [0.05, 0.1) is 23.2 Å². The molecule has 8 nitrogen and oxygen atoms in total. The quantitative estimate of drug-likeness (QED) is 0.578. The molecule has 2 heterocycles. The summed E-state index contributed by atoms with van der Waals surface area (Å²) in [5.41, 5.74) is -0.436. The number of fused-ring (bicyclic) bond motifs is 1. The summed E-state index contributed by atoms with van der Waals surface area (Å²) in [6, 6.07) is 3.06. The fraction of sp³-hybridized carbons (Fsp3) is 0.583. The standard InChI is InChI=1S/C24H31F3N6O2/c1-14(2)32(3)16-5-7-21(20(11-16)30-13-34)33-9-8-19(23(33)35)31-22-17-10-15(24(25,26)27)4-6-18(17)28-12-29-22/h4,6,10,12-14,16,19-21H,5,7-9,11H2,1-3H3,(H,30,34)(H,28,29,31). The van der Waals surface area contributed by atoms with Crippen molar-refractivity contribution in [3.63, 3.8) is 0 Å². The minimum atomic E-state index is -4.50. The van der Waals surface area contributed by atoms with Crippen LogP contribution in [0.5, 0.6) is 0 Å². The molecular formula is C24H31F3N6O2. The molecule has 0 radical (unpaired) electrons. The van der Waals surface area contributed by atoms with Crippen molar-refractivity contribution in [2.75, 3.05) is 18.9 Å². The third-order valence-corrected chi connectivity index (χ3v) is 7.37. The Labute approximate surface area is 202 Å². The van der Waals surface area contributed by atoms with E-state index >= 15 is 0 Å². The number of hydrogen-bond acceptors (Lipinski definition) is 6. The smallest absolute Gasteiger partial charge is 0.358 e. The van der Waals surface area contributed by atoms with Crippen LogP contribution >= 0.6 is 0 Å². The predicted octanol–water partition coefficient (Wildman–Crippen LogP) is 3.04. The van der Waals surface area contributed by atoms with E-state index in [0.717, 1.165) is 31.4 Å². The first-order valence-electron chi connectivity index (χ1n) is 11.9. The van der Waals surface area contributed by atoms with E-state index in [-0.39, 0.29) is 29.2 Å². The number of nitrogens with zero attached hydrogens (tertiary/aromatic N) is 4. The highest BCUT2D eigenvalue weighted by molar-refractivity contribution is 5.93. The van der Waals surface area contributed by atoms with E-state index in [9.17, 15) is 22.8 Å². The highest BCUT2D eigenvalue weighted by Crippen LogP contribution is 2.34. The Morgan fingerprint density at radius 1 is 1.20 bits per heavy atom. The van der Waals surface area contributed by atoms with E-state index in [2.05, 4.69) is 46.4 Å². The second kappa shape index (κ2) is 9.96. The van der Waals surface area contributed by atoms with Crippen molar-refractivity contribution in [1.82, 2.24) is 25.1 Å². The largest absolute Gasteiger partial charge is 0.416 e. The number of rotatable bonds is 7. The van der Waals surface area contributed by atoms with Gasteiger partial charge in [-0.15, -0.1) is 0 Å². The molecule has 2 aromatic rings. The van der Waals surface area contributed by atoms with Gasteiger partial charge in [-0.05, 0) is 64.8 Å². The Balaban J connectivity index is 1.51. The molecule has 4 atom stereocenters. The summed E-state index contributed by atoms with van der Waals surface area (Å²) in [5, 5.41) is 6.19. The Morgan fingerprint density at radius 3 is 2.66 bits per heavy atom. The molecule has 4 rings (SSSR count). The molecule has 1 aromatic heterocycles. The lowest BCUT2D eigenvalue weighted by molar-refractivity contribution is -0.137. The Kier molecular flexibility index (Phi) is 7.16. The van der Waals surface area contributed by atoms with Gasteiger partial charge in [0.25, 0.3) is 0 Å². The van der Waals surface area contributed by atoms with Gasteiger partial charge >= 0.3 is 6.18 Å². The Hall–Kier alpha value is -2.95. The summed E-state index contributed by atoms with van der Waals surface area (Å²) in [4.78, 5) is 37.0. The molecule has 2 aliphatic rings. The number of benzene rings is 1. The topological polar surface area (TPSA) is 90.5 Å². The minimum Gasteiger partial charge on any atom is -0.358 e. The Bertz CT molecular complexity index is 1080. The van der Waals surface area contributed by atoms with Crippen molar-refractivity contribution in [3.05, 3.63) is 30.1 Å². The number of nitrogens with one attached hydrogen (secondary N) is 2. The van der Waals surface area contributed by atoms with Crippen molar-refractivity contribution in [2.24, 2.45) is 0 Å². The van der Waals surface area contributed by atoms with Crippen molar-refractivity contribution in [2.45, 2.75) is 75.9 Å². The predicted molar refractivity (Wildman–Crippen MR) is 126 cm³/mol. The maximum atomic E-state index is 13.4. The molecule has 0 bridgehead atoms. The Morgan fingerprint density at radius 2 is 1.97 bits per heavy atom. The van der Waals surface area contributed by atoms with Gasteiger partial charge in [0.1, 0.15) is 18.2 Å². The monoisotopic (exact) mass is 492 g/mol. The summed E-state index contributed by atoms with van der Waals surface area (Å²) in [7, 11) is 2.07. The first kappa shape index (κ1) is 25.2. The lowest BCUT2D eigenvalue weighted by Crippen LogP contribution is -2.57. The number of halogens is 3. The van der Waals surface area contributed by atoms with Gasteiger partial charge in [-0.3, -0.25) is 9.59 Å². The maximum absolute atomic E-state index is 13.4. The molecule has 1 aliphatic carbocycles. The number of anilines is 1. The number of hydrogen-bond donors (Lipinski definition) is 2. The normalized spacial score (nSPS) is 25.5. The van der Waals surface area contributed by atoms with E-state index < -0.39 is 17.8 Å². The zero-order chi connectivity index (χ0) is 25.3. The van der Waals surface area contributed by atoms with Crippen LogP contribution in [0, 0.1) is 0 Å². The van der Waals surface area contributed by atoms with E-state index in [0.29, 0.717) is 37.0 Å². The van der Waals surface area contributed by atoms with E-state index in [4.69, 9.17) is 0 Å². The summed E-state index contributed by atoms with van der Waals surface area (Å²) >= 11 is 0. The van der Waals surface area contributed by atoms with Crippen LogP contribution in [0.15, 0.2) is 24.5 Å². The fourth-order valence-electron chi connectivity index (χ4n) is 5.24. The summed E-state index contributed by atoms with van der Waals surface area (Å²) in [5.74, 6) is 0.0632. The number of carbonyl (C=O) groups excluding carboxylic acids is 2. The van der Waals surface area contributed by atoms with Crippen LogP contribution in [0.25, 0.3) is 10.9 Å². The molecule has 2 fully saturated rings. The van der Waals surface area contributed by atoms with Gasteiger partial charge < -0.3 is 20.4 Å². The average Bonchev–Trinajstić information content (AvgIpc) is 3.17. The lowest BCUT2D eigenvalue weighted by Gasteiger charge is -2.44. The molecule has 4 unspecified atom stereocenters. The number of carbonyl (C=O) groups is 2. The van der Waals surface area contributed by atoms with Crippen molar-refractivity contribution in [3.8, 4) is 0 Å². The number of aromatic nitrogens is 2. The van der Waals surface area contributed by atoms with Crippen LogP contribution in [0.1, 0.15) is 45.1 Å². The van der Waals surface area contributed by atoms with Crippen LogP contribution in [0.3, 0.4) is 0 Å². The summed E-state index contributed by atoms with van der Waals surface area (Å²) in [6.07, 6.45) is 0.374. The highest BCUT2D eigenvalue weighted by atomic mass is 19.4. The second-order valence-electron chi connectivity index (χ2n) is 9.65. The van der Waals surface area contributed by atoms with Gasteiger partial charge in [-0.1, -0.05) is 0 Å². The summed E-state index contributed by atoms with van der Waals surface area (Å²) < 4.78 is 39.7. The van der Waals surface area contributed by atoms with Gasteiger partial charge in [0, 0.05) is 24.0 Å². The molecule has 1 aliphatic heterocycles. The van der Waals surface area contributed by atoms with Crippen LogP contribution in [-0.2, 0) is 15.8 Å². The molecule has 1 aromatic carbocycles. The second-order valence-corrected chi connectivity index (χ2v) is 9.65. The first-order chi connectivity index (χ1) is 16.6. The van der Waals surface area contributed by atoms with Gasteiger partial charge in [0.15, 0.2) is 0 Å². The zero-order valence-electron chi connectivity index (χ0n) is 20.0. The molecule has 1 saturated heterocycles. The maximum Gasteiger partial charge on any atom is 0.416 e. The van der Waals surface area contributed by atoms with Gasteiger partial charge in [0.2, 0.25) is 12.3 Å². The van der Waals surface area contributed by atoms with Crippen molar-refractivity contribution < 1.29 is 22.8 Å². The molecule has 11 heteroatoms. The van der Waals surface area contributed by atoms with Gasteiger partial charge in [-0.2, -0.15) is 13.2 Å². The molecule has 2 amide bonds. The minimum absolute atomic E-state index is 0.129. The van der Waals surface area contributed by atoms with Crippen LogP contribution < -0.4 is 10.6 Å². The highest BCUT2D eigenvalue weighted by Gasteiger charge is 2.42. The molecule has 190 valence electrons. The van der Waals surface area contributed by atoms with Crippen LogP contribution in [-0.4, -0.2) is 75.9 Å². The number of likely N-dealkylation sites (tertiary alicyclic amines) is 1. The molecule has 35 heavy (non-hydrogen) atoms. The molecule has 0 spiro atoms. The first-order valence-corrected chi connectivity index (χ1v) is 11.9.